The molecular formula is C25H41N3O2. The van der Waals surface area contributed by atoms with Crippen LogP contribution in [0.1, 0.15) is 56.1 Å². The summed E-state index contributed by atoms with van der Waals surface area (Å²) in [5.41, 5.74) is 9.40. The molecule has 2 fully saturated rings. The first-order chi connectivity index (χ1) is 14.4. The number of anilines is 1. The third kappa shape index (κ3) is 6.71. The number of piperazine rings is 1. The van der Waals surface area contributed by atoms with Crippen LogP contribution in [0.15, 0.2) is 18.2 Å². The molecule has 168 valence electrons. The monoisotopic (exact) mass is 415 g/mol. The highest BCUT2D eigenvalue weighted by molar-refractivity contribution is 5.73. The molecule has 3 rings (SSSR count). The fourth-order valence-electron chi connectivity index (χ4n) is 5.41. The van der Waals surface area contributed by atoms with Crippen molar-refractivity contribution in [2.45, 2.75) is 64.9 Å². The van der Waals surface area contributed by atoms with Crippen molar-refractivity contribution in [3.63, 3.8) is 0 Å². The molecule has 1 saturated carbocycles. The minimum absolute atomic E-state index is 0.191. The lowest BCUT2D eigenvalue weighted by Gasteiger charge is -2.38. The molecule has 5 nitrogen and oxygen atoms in total. The maximum atomic E-state index is 11.1. The Bertz CT molecular complexity index is 657. The topological polar surface area (TPSA) is 58.8 Å². The van der Waals surface area contributed by atoms with Gasteiger partial charge < -0.3 is 15.4 Å². The third-order valence-electron chi connectivity index (χ3n) is 7.19. The molecule has 1 saturated heterocycles. The standard InChI is InChI=1S/C25H41N3O2/c1-19-16-20(2)18-23(17-19)28-14-12-27(13-15-28)11-10-21-4-6-22(7-5-21)24(30-3)8-9-25(26)29/h16-18,21-22,24H,4-15H2,1-3H3,(H2,26,29). The average Bonchev–Trinajstić information content (AvgIpc) is 2.73. The number of aryl methyl sites for hydroxylation is 2. The van der Waals surface area contributed by atoms with E-state index < -0.39 is 0 Å². The van der Waals surface area contributed by atoms with Gasteiger partial charge >= 0.3 is 0 Å². The van der Waals surface area contributed by atoms with E-state index in [1.807, 2.05) is 0 Å². The Hall–Kier alpha value is -1.59. The van der Waals surface area contributed by atoms with Crippen molar-refractivity contribution in [2.24, 2.45) is 17.6 Å². The van der Waals surface area contributed by atoms with Gasteiger partial charge in [-0.1, -0.05) is 18.9 Å². The van der Waals surface area contributed by atoms with Crippen molar-refractivity contribution in [2.75, 3.05) is 44.7 Å². The highest BCUT2D eigenvalue weighted by Crippen LogP contribution is 2.35. The molecule has 5 heteroatoms. The molecule has 1 aliphatic carbocycles. The summed E-state index contributed by atoms with van der Waals surface area (Å²) in [5.74, 6) is 1.21. The molecule has 2 aliphatic rings. The lowest BCUT2D eigenvalue weighted by Crippen LogP contribution is -2.47. The second-order valence-electron chi connectivity index (χ2n) is 9.52. The van der Waals surface area contributed by atoms with E-state index in [2.05, 4.69) is 41.8 Å². The van der Waals surface area contributed by atoms with Crippen LogP contribution < -0.4 is 10.6 Å². The Morgan fingerprint density at radius 3 is 2.27 bits per heavy atom. The van der Waals surface area contributed by atoms with Gasteiger partial charge in [0.2, 0.25) is 5.91 Å². The first-order valence-electron chi connectivity index (χ1n) is 11.8. The Morgan fingerprint density at radius 2 is 1.70 bits per heavy atom. The predicted octanol–water partition coefficient (Wildman–Crippen LogP) is 3.90. The molecule has 1 atom stereocenters. The first kappa shape index (κ1) is 23.1. The number of hydrogen-bond donors (Lipinski definition) is 1. The molecular weight excluding hydrogens is 374 g/mol. The number of benzene rings is 1. The smallest absolute Gasteiger partial charge is 0.217 e. The van der Waals surface area contributed by atoms with Gasteiger partial charge in [-0.25, -0.2) is 0 Å². The van der Waals surface area contributed by atoms with Crippen LogP contribution in [0, 0.1) is 25.7 Å². The summed E-state index contributed by atoms with van der Waals surface area (Å²) in [6.07, 6.45) is 7.75. The fourth-order valence-corrected chi connectivity index (χ4v) is 5.41. The quantitative estimate of drug-likeness (QED) is 0.664. The number of ether oxygens (including phenoxy) is 1. The maximum absolute atomic E-state index is 11.1. The fraction of sp³-hybridized carbons (Fsp3) is 0.720. The number of carbonyl (C=O) groups excluding carboxylic acids is 1. The van der Waals surface area contributed by atoms with Gasteiger partial charge in [0.15, 0.2) is 0 Å². The van der Waals surface area contributed by atoms with E-state index in [0.717, 1.165) is 25.4 Å². The number of nitrogens with two attached hydrogens (primary N) is 1. The Kier molecular flexibility index (Phi) is 8.58. The van der Waals surface area contributed by atoms with Gasteiger partial charge in [0.1, 0.15) is 0 Å². The highest BCUT2D eigenvalue weighted by atomic mass is 16.5. The summed E-state index contributed by atoms with van der Waals surface area (Å²) in [7, 11) is 1.77. The number of amides is 1. The van der Waals surface area contributed by atoms with Crippen LogP contribution in [0.4, 0.5) is 5.69 Å². The number of hydrogen-bond acceptors (Lipinski definition) is 4. The molecule has 0 aromatic heterocycles. The van der Waals surface area contributed by atoms with Crippen LogP contribution in [-0.4, -0.2) is 56.7 Å². The first-order valence-corrected chi connectivity index (χ1v) is 11.8. The summed E-state index contributed by atoms with van der Waals surface area (Å²) in [6, 6.07) is 6.89. The average molecular weight is 416 g/mol. The molecule has 1 heterocycles. The Labute approximate surface area is 182 Å². The van der Waals surface area contributed by atoms with Crippen LogP contribution in [0.5, 0.6) is 0 Å². The molecule has 1 unspecified atom stereocenters. The van der Waals surface area contributed by atoms with Gasteiger partial charge in [-0.3, -0.25) is 9.69 Å². The predicted molar refractivity (Wildman–Crippen MR) is 124 cm³/mol. The second-order valence-corrected chi connectivity index (χ2v) is 9.52. The number of rotatable bonds is 9. The molecule has 1 aromatic rings. The van der Waals surface area contributed by atoms with Gasteiger partial charge in [-0.15, -0.1) is 0 Å². The SMILES string of the molecule is COC(CCC(N)=O)C1CCC(CCN2CCN(c3cc(C)cc(C)c3)CC2)CC1. The summed E-state index contributed by atoms with van der Waals surface area (Å²) >= 11 is 0. The van der Waals surface area contributed by atoms with Crippen LogP contribution in [0.25, 0.3) is 0 Å². The van der Waals surface area contributed by atoms with Crippen molar-refractivity contribution in [3.05, 3.63) is 29.3 Å². The third-order valence-corrected chi connectivity index (χ3v) is 7.19. The number of nitrogens with zero attached hydrogens (tertiary/aromatic N) is 2. The molecule has 1 aromatic carbocycles. The van der Waals surface area contributed by atoms with Crippen LogP contribution in [0.2, 0.25) is 0 Å². The second kappa shape index (κ2) is 11.1. The number of primary amides is 1. The van der Waals surface area contributed by atoms with Crippen molar-refractivity contribution >= 4 is 11.6 Å². The van der Waals surface area contributed by atoms with Crippen LogP contribution in [-0.2, 0) is 9.53 Å². The molecule has 1 aliphatic heterocycles. The van der Waals surface area contributed by atoms with Crippen LogP contribution in [0.3, 0.4) is 0 Å². The van der Waals surface area contributed by atoms with Crippen molar-refractivity contribution in [1.29, 1.82) is 0 Å². The van der Waals surface area contributed by atoms with Gasteiger partial charge in [0, 0.05) is 45.4 Å². The van der Waals surface area contributed by atoms with E-state index in [1.165, 1.54) is 68.6 Å². The van der Waals surface area contributed by atoms with E-state index in [0.29, 0.717) is 12.3 Å². The summed E-state index contributed by atoms with van der Waals surface area (Å²) in [5, 5.41) is 0. The number of methoxy groups -OCH3 is 1. The van der Waals surface area contributed by atoms with Gasteiger partial charge in [0.05, 0.1) is 6.10 Å². The van der Waals surface area contributed by atoms with E-state index in [9.17, 15) is 4.79 Å². The van der Waals surface area contributed by atoms with Crippen LogP contribution >= 0.6 is 0 Å². The van der Waals surface area contributed by atoms with Gasteiger partial charge in [0.25, 0.3) is 0 Å². The van der Waals surface area contributed by atoms with E-state index in [-0.39, 0.29) is 12.0 Å². The van der Waals surface area contributed by atoms with Crippen molar-refractivity contribution in [1.82, 2.24) is 4.90 Å². The zero-order valence-corrected chi connectivity index (χ0v) is 19.2. The Balaban J connectivity index is 1.36. The molecule has 2 N–H and O–H groups in total. The summed E-state index contributed by atoms with van der Waals surface area (Å²) < 4.78 is 5.67. The zero-order valence-electron chi connectivity index (χ0n) is 19.2. The zero-order chi connectivity index (χ0) is 21.5. The molecule has 1 amide bonds. The minimum Gasteiger partial charge on any atom is -0.381 e. The summed E-state index contributed by atoms with van der Waals surface area (Å²) in [4.78, 5) is 16.3. The molecule has 0 spiro atoms. The van der Waals surface area contributed by atoms with Crippen molar-refractivity contribution in [3.8, 4) is 0 Å². The summed E-state index contributed by atoms with van der Waals surface area (Å²) in [6.45, 7) is 10.2. The van der Waals surface area contributed by atoms with Crippen molar-refractivity contribution < 1.29 is 9.53 Å². The largest absolute Gasteiger partial charge is 0.381 e. The lowest BCUT2D eigenvalue weighted by atomic mass is 9.77. The van der Waals surface area contributed by atoms with Gasteiger partial charge in [-0.05, 0) is 81.2 Å². The van der Waals surface area contributed by atoms with E-state index >= 15 is 0 Å². The molecule has 30 heavy (non-hydrogen) atoms. The Morgan fingerprint density at radius 1 is 1.07 bits per heavy atom. The lowest BCUT2D eigenvalue weighted by molar-refractivity contribution is -0.119. The highest BCUT2D eigenvalue weighted by Gasteiger charge is 2.28. The molecule has 0 radical (unpaired) electrons. The normalized spacial score (nSPS) is 24.0. The number of carbonyl (C=O) groups is 1. The van der Waals surface area contributed by atoms with E-state index in [1.54, 1.807) is 7.11 Å². The minimum atomic E-state index is -0.219. The van der Waals surface area contributed by atoms with Gasteiger partial charge in [-0.2, -0.15) is 0 Å². The maximum Gasteiger partial charge on any atom is 0.217 e. The molecule has 0 bridgehead atoms. The van der Waals surface area contributed by atoms with E-state index in [4.69, 9.17) is 10.5 Å².